The van der Waals surface area contributed by atoms with Crippen molar-refractivity contribution in [3.63, 3.8) is 0 Å². The van der Waals surface area contributed by atoms with Gasteiger partial charge in [-0.25, -0.2) is 4.79 Å². The zero-order valence-corrected chi connectivity index (χ0v) is 10.0. The van der Waals surface area contributed by atoms with Gasteiger partial charge >= 0.3 is 6.09 Å². The van der Waals surface area contributed by atoms with Gasteiger partial charge in [-0.3, -0.25) is 9.89 Å². The van der Waals surface area contributed by atoms with Gasteiger partial charge < -0.3 is 9.47 Å². The lowest BCUT2D eigenvalue weighted by atomic mass is 10.0. The third kappa shape index (κ3) is 2.28. The van der Waals surface area contributed by atoms with Crippen LogP contribution in [0.3, 0.4) is 0 Å². The zero-order valence-electron chi connectivity index (χ0n) is 10.0. The average molecular weight is 226 g/mol. The van der Waals surface area contributed by atoms with Gasteiger partial charge in [-0.15, -0.1) is 0 Å². The fourth-order valence-corrected chi connectivity index (χ4v) is 1.74. The van der Waals surface area contributed by atoms with E-state index < -0.39 is 5.60 Å². The lowest BCUT2D eigenvalue weighted by Gasteiger charge is -2.40. The van der Waals surface area contributed by atoms with E-state index in [0.717, 1.165) is 13.0 Å². The SMILES string of the molecule is CC(C)(C)OC(=O)N1CC[C@H]1C1=NCCO1. The average Bonchev–Trinajstić information content (AvgIpc) is 2.50. The molecule has 2 rings (SSSR count). The Morgan fingerprint density at radius 3 is 2.75 bits per heavy atom. The summed E-state index contributed by atoms with van der Waals surface area (Å²) in [6.45, 7) is 7.65. The number of rotatable bonds is 1. The van der Waals surface area contributed by atoms with E-state index >= 15 is 0 Å². The van der Waals surface area contributed by atoms with Gasteiger partial charge in [-0.1, -0.05) is 0 Å². The lowest BCUT2D eigenvalue weighted by molar-refractivity contribution is 0.00279. The first-order valence-electron chi connectivity index (χ1n) is 5.64. The summed E-state index contributed by atoms with van der Waals surface area (Å²) >= 11 is 0. The molecule has 90 valence electrons. The first kappa shape index (κ1) is 11.2. The molecule has 2 aliphatic rings. The number of carbonyl (C=O) groups is 1. The summed E-state index contributed by atoms with van der Waals surface area (Å²) in [6.07, 6.45) is 0.639. The number of aliphatic imine (C=N–C) groups is 1. The van der Waals surface area contributed by atoms with Crippen LogP contribution in [0, 0.1) is 0 Å². The molecule has 0 aromatic rings. The largest absolute Gasteiger partial charge is 0.478 e. The van der Waals surface area contributed by atoms with Crippen molar-refractivity contribution in [2.75, 3.05) is 19.7 Å². The fourth-order valence-electron chi connectivity index (χ4n) is 1.74. The molecule has 5 heteroatoms. The van der Waals surface area contributed by atoms with E-state index in [1.54, 1.807) is 4.90 Å². The summed E-state index contributed by atoms with van der Waals surface area (Å²) < 4.78 is 10.7. The smallest absolute Gasteiger partial charge is 0.410 e. The van der Waals surface area contributed by atoms with Gasteiger partial charge in [0.05, 0.1) is 6.54 Å². The van der Waals surface area contributed by atoms with E-state index in [0.29, 0.717) is 19.0 Å². The molecule has 0 saturated carbocycles. The second-order valence-electron chi connectivity index (χ2n) is 5.05. The first-order chi connectivity index (χ1) is 7.47. The Bertz CT molecular complexity index is 320. The van der Waals surface area contributed by atoms with E-state index in [-0.39, 0.29) is 12.1 Å². The number of hydrogen-bond donors (Lipinski definition) is 0. The Labute approximate surface area is 95.4 Å². The van der Waals surface area contributed by atoms with Gasteiger partial charge in [-0.05, 0) is 27.2 Å². The maximum Gasteiger partial charge on any atom is 0.410 e. The monoisotopic (exact) mass is 226 g/mol. The Hall–Kier alpha value is -1.26. The summed E-state index contributed by atoms with van der Waals surface area (Å²) in [5, 5.41) is 0. The van der Waals surface area contributed by atoms with Crippen molar-refractivity contribution in [2.45, 2.75) is 38.8 Å². The molecule has 0 bridgehead atoms. The van der Waals surface area contributed by atoms with Gasteiger partial charge in [0, 0.05) is 6.54 Å². The molecule has 0 aliphatic carbocycles. The Kier molecular flexibility index (Phi) is 2.78. The second kappa shape index (κ2) is 3.96. The van der Waals surface area contributed by atoms with Crippen LogP contribution in [0.5, 0.6) is 0 Å². The number of nitrogens with zero attached hydrogens (tertiary/aromatic N) is 2. The molecule has 0 aromatic heterocycles. The molecule has 0 N–H and O–H groups in total. The highest BCUT2D eigenvalue weighted by Gasteiger charge is 2.40. The van der Waals surface area contributed by atoms with E-state index in [4.69, 9.17) is 9.47 Å². The quantitative estimate of drug-likeness (QED) is 0.679. The summed E-state index contributed by atoms with van der Waals surface area (Å²) in [5.41, 5.74) is -0.449. The van der Waals surface area contributed by atoms with Crippen molar-refractivity contribution >= 4 is 12.0 Å². The highest BCUT2D eigenvalue weighted by atomic mass is 16.6. The van der Waals surface area contributed by atoms with E-state index in [1.807, 2.05) is 20.8 Å². The van der Waals surface area contributed by atoms with Crippen molar-refractivity contribution in [3.8, 4) is 0 Å². The van der Waals surface area contributed by atoms with Crippen LogP contribution in [0.4, 0.5) is 4.79 Å². The van der Waals surface area contributed by atoms with Crippen LogP contribution >= 0.6 is 0 Å². The van der Waals surface area contributed by atoms with Crippen LogP contribution in [-0.2, 0) is 9.47 Å². The van der Waals surface area contributed by atoms with Crippen LogP contribution in [-0.4, -0.2) is 48.2 Å². The van der Waals surface area contributed by atoms with Crippen molar-refractivity contribution in [1.29, 1.82) is 0 Å². The number of ether oxygens (including phenoxy) is 2. The van der Waals surface area contributed by atoms with Gasteiger partial charge in [0.25, 0.3) is 0 Å². The maximum absolute atomic E-state index is 11.8. The molecule has 0 radical (unpaired) electrons. The molecule has 1 saturated heterocycles. The van der Waals surface area contributed by atoms with Gasteiger partial charge in [0.15, 0.2) is 0 Å². The number of likely N-dealkylation sites (tertiary alicyclic amines) is 1. The summed E-state index contributed by atoms with van der Waals surface area (Å²) in [6, 6.07) is -0.00245. The van der Waals surface area contributed by atoms with E-state index in [9.17, 15) is 4.79 Å². The summed E-state index contributed by atoms with van der Waals surface area (Å²) in [7, 11) is 0. The number of amides is 1. The minimum absolute atomic E-state index is 0.00245. The predicted molar refractivity (Wildman–Crippen MR) is 59.6 cm³/mol. The van der Waals surface area contributed by atoms with Crippen LogP contribution in [0.1, 0.15) is 27.2 Å². The molecule has 2 heterocycles. The van der Waals surface area contributed by atoms with Gasteiger partial charge in [-0.2, -0.15) is 0 Å². The molecular weight excluding hydrogens is 208 g/mol. The number of hydrogen-bond acceptors (Lipinski definition) is 4. The van der Waals surface area contributed by atoms with Gasteiger partial charge in [0.2, 0.25) is 5.90 Å². The second-order valence-corrected chi connectivity index (χ2v) is 5.05. The molecule has 1 atom stereocenters. The lowest BCUT2D eigenvalue weighted by Crippen LogP contribution is -2.56. The molecule has 1 fully saturated rings. The third-order valence-electron chi connectivity index (χ3n) is 2.54. The van der Waals surface area contributed by atoms with Gasteiger partial charge in [0.1, 0.15) is 18.2 Å². The highest BCUT2D eigenvalue weighted by Crippen LogP contribution is 2.23. The summed E-state index contributed by atoms with van der Waals surface area (Å²) in [5.74, 6) is 0.692. The van der Waals surface area contributed by atoms with Crippen LogP contribution in [0.25, 0.3) is 0 Å². The molecule has 0 aromatic carbocycles. The maximum atomic E-state index is 11.8. The highest BCUT2D eigenvalue weighted by molar-refractivity contribution is 5.88. The van der Waals surface area contributed by atoms with E-state index in [2.05, 4.69) is 4.99 Å². The first-order valence-corrected chi connectivity index (χ1v) is 5.64. The van der Waals surface area contributed by atoms with Crippen molar-refractivity contribution in [1.82, 2.24) is 4.90 Å². The Morgan fingerprint density at radius 2 is 2.31 bits per heavy atom. The molecule has 1 amide bonds. The predicted octanol–water partition coefficient (Wildman–Crippen LogP) is 1.42. The fraction of sp³-hybridized carbons (Fsp3) is 0.818. The minimum atomic E-state index is -0.449. The van der Waals surface area contributed by atoms with E-state index in [1.165, 1.54) is 0 Å². The van der Waals surface area contributed by atoms with Crippen LogP contribution < -0.4 is 0 Å². The van der Waals surface area contributed by atoms with Crippen molar-refractivity contribution in [2.24, 2.45) is 4.99 Å². The molecule has 0 unspecified atom stereocenters. The minimum Gasteiger partial charge on any atom is -0.478 e. The zero-order chi connectivity index (χ0) is 11.8. The third-order valence-corrected chi connectivity index (χ3v) is 2.54. The molecule has 0 spiro atoms. The normalized spacial score (nSPS) is 24.6. The standard InChI is InChI=1S/C11H18N2O3/c1-11(2,3)16-10(14)13-6-4-8(13)9-12-5-7-15-9/h8H,4-7H2,1-3H3/t8-/m0/s1. The molecule has 16 heavy (non-hydrogen) atoms. The molecular formula is C11H18N2O3. The topological polar surface area (TPSA) is 51.1 Å². The summed E-state index contributed by atoms with van der Waals surface area (Å²) in [4.78, 5) is 17.7. The van der Waals surface area contributed by atoms with Crippen LogP contribution in [0.15, 0.2) is 4.99 Å². The van der Waals surface area contributed by atoms with Crippen molar-refractivity contribution in [3.05, 3.63) is 0 Å². The molecule has 5 nitrogen and oxygen atoms in total. The van der Waals surface area contributed by atoms with Crippen LogP contribution in [0.2, 0.25) is 0 Å². The number of carbonyl (C=O) groups excluding carboxylic acids is 1. The Morgan fingerprint density at radius 1 is 1.56 bits per heavy atom. The van der Waals surface area contributed by atoms with Crippen molar-refractivity contribution < 1.29 is 14.3 Å². The molecule has 2 aliphatic heterocycles. The Balaban J connectivity index is 1.93.